The van der Waals surface area contributed by atoms with E-state index in [0.29, 0.717) is 11.8 Å². The van der Waals surface area contributed by atoms with Gasteiger partial charge in [-0.25, -0.2) is 4.98 Å². The van der Waals surface area contributed by atoms with Gasteiger partial charge in [-0.3, -0.25) is 4.79 Å². The zero-order chi connectivity index (χ0) is 17.6. The van der Waals surface area contributed by atoms with Crippen LogP contribution in [0.5, 0.6) is 0 Å². The molecule has 0 bridgehead atoms. The smallest absolute Gasteiger partial charge is 0.246 e. The maximum Gasteiger partial charge on any atom is 0.246 e. The van der Waals surface area contributed by atoms with Crippen LogP contribution >= 0.6 is 0 Å². The zero-order valence-corrected chi connectivity index (χ0v) is 15.1. The van der Waals surface area contributed by atoms with Crippen molar-refractivity contribution in [1.29, 1.82) is 0 Å². The van der Waals surface area contributed by atoms with Crippen molar-refractivity contribution in [3.8, 4) is 0 Å². The Morgan fingerprint density at radius 1 is 1.24 bits per heavy atom. The molecule has 25 heavy (non-hydrogen) atoms. The number of benzene rings is 1. The first-order chi connectivity index (χ1) is 12.1. The fraction of sp³-hybridized carbons (Fsp3) is 0.429. The summed E-state index contributed by atoms with van der Waals surface area (Å²) < 4.78 is 2.28. The Morgan fingerprint density at radius 3 is 2.64 bits per heavy atom. The van der Waals surface area contributed by atoms with E-state index < -0.39 is 0 Å². The maximum absolute atomic E-state index is 12.4. The summed E-state index contributed by atoms with van der Waals surface area (Å²) in [5, 5.41) is 0. The number of amides is 1. The summed E-state index contributed by atoms with van der Waals surface area (Å²) in [5.74, 6) is 2.34. The molecule has 4 heteroatoms. The summed E-state index contributed by atoms with van der Waals surface area (Å²) in [5.41, 5.74) is 1.06. The van der Waals surface area contributed by atoms with E-state index in [2.05, 4.69) is 29.6 Å². The molecule has 0 aliphatic carbocycles. The number of nitrogens with zero attached hydrogens (tertiary/aromatic N) is 3. The van der Waals surface area contributed by atoms with Crippen molar-refractivity contribution in [1.82, 2.24) is 14.5 Å². The molecular formula is C21H27N3O. The van der Waals surface area contributed by atoms with Gasteiger partial charge < -0.3 is 9.47 Å². The zero-order valence-electron chi connectivity index (χ0n) is 15.1. The largest absolute Gasteiger partial charge is 0.339 e. The summed E-state index contributed by atoms with van der Waals surface area (Å²) in [4.78, 5) is 18.8. The van der Waals surface area contributed by atoms with Gasteiger partial charge in [0, 0.05) is 44.0 Å². The van der Waals surface area contributed by atoms with Crippen LogP contribution in [0.1, 0.15) is 44.0 Å². The number of carbonyl (C=O) groups excluding carboxylic acids is 1. The van der Waals surface area contributed by atoms with E-state index in [1.54, 1.807) is 6.08 Å². The standard InChI is InChI=1S/C21H27N3O/c1-17(2)21-22-12-15-24(21)16-19-10-13-23(14-11-19)20(25)9-8-18-6-4-3-5-7-18/h3-9,12,15,17,19H,10-11,13-14,16H2,1-2H3/b9-8+. The molecule has 1 amide bonds. The number of carbonyl (C=O) groups is 1. The lowest BCUT2D eigenvalue weighted by Crippen LogP contribution is -2.38. The number of imidazole rings is 1. The van der Waals surface area contributed by atoms with Crippen molar-refractivity contribution < 1.29 is 4.79 Å². The first-order valence-corrected chi connectivity index (χ1v) is 9.16. The van der Waals surface area contributed by atoms with Gasteiger partial charge in [-0.15, -0.1) is 0 Å². The van der Waals surface area contributed by atoms with Gasteiger partial charge in [-0.05, 0) is 30.4 Å². The minimum atomic E-state index is 0.118. The Balaban J connectivity index is 1.50. The van der Waals surface area contributed by atoms with Crippen molar-refractivity contribution in [2.24, 2.45) is 5.92 Å². The molecule has 3 rings (SSSR count). The van der Waals surface area contributed by atoms with Crippen LogP contribution in [0, 0.1) is 5.92 Å². The summed E-state index contributed by atoms with van der Waals surface area (Å²) in [6.07, 6.45) is 9.68. The van der Waals surface area contributed by atoms with E-state index in [9.17, 15) is 4.79 Å². The van der Waals surface area contributed by atoms with E-state index in [0.717, 1.165) is 43.9 Å². The monoisotopic (exact) mass is 337 g/mol. The van der Waals surface area contributed by atoms with Crippen LogP contribution in [0.3, 0.4) is 0 Å². The average molecular weight is 337 g/mol. The van der Waals surface area contributed by atoms with E-state index in [4.69, 9.17) is 0 Å². The highest BCUT2D eigenvalue weighted by atomic mass is 16.2. The molecule has 1 fully saturated rings. The number of hydrogen-bond acceptors (Lipinski definition) is 2. The molecular weight excluding hydrogens is 310 g/mol. The number of aromatic nitrogens is 2. The number of likely N-dealkylation sites (tertiary alicyclic amines) is 1. The van der Waals surface area contributed by atoms with Crippen LogP contribution in [0.4, 0.5) is 0 Å². The Labute approximate surface area is 150 Å². The van der Waals surface area contributed by atoms with Crippen LogP contribution in [0.2, 0.25) is 0 Å². The first-order valence-electron chi connectivity index (χ1n) is 9.16. The number of rotatable bonds is 5. The van der Waals surface area contributed by atoms with E-state index >= 15 is 0 Å². The normalized spacial score (nSPS) is 16.0. The molecule has 2 aromatic rings. The molecule has 0 unspecified atom stereocenters. The molecule has 1 saturated heterocycles. The van der Waals surface area contributed by atoms with E-state index in [-0.39, 0.29) is 5.91 Å². The Kier molecular flexibility index (Phi) is 5.69. The van der Waals surface area contributed by atoms with Crippen molar-refractivity contribution in [3.05, 3.63) is 60.2 Å². The van der Waals surface area contributed by atoms with Crippen LogP contribution in [-0.2, 0) is 11.3 Å². The highest BCUT2D eigenvalue weighted by molar-refractivity contribution is 5.91. The van der Waals surface area contributed by atoms with Gasteiger partial charge in [0.25, 0.3) is 0 Å². The lowest BCUT2D eigenvalue weighted by molar-refractivity contribution is -0.127. The van der Waals surface area contributed by atoms with Gasteiger partial charge in [-0.2, -0.15) is 0 Å². The molecule has 0 radical (unpaired) electrons. The number of hydrogen-bond donors (Lipinski definition) is 0. The summed E-state index contributed by atoms with van der Waals surface area (Å²) in [6, 6.07) is 9.96. The summed E-state index contributed by atoms with van der Waals surface area (Å²) >= 11 is 0. The van der Waals surface area contributed by atoms with Gasteiger partial charge in [0.1, 0.15) is 5.82 Å². The van der Waals surface area contributed by atoms with Crippen LogP contribution in [0.15, 0.2) is 48.8 Å². The van der Waals surface area contributed by atoms with Crippen molar-refractivity contribution >= 4 is 12.0 Å². The first kappa shape index (κ1) is 17.5. The van der Waals surface area contributed by atoms with Crippen LogP contribution in [-0.4, -0.2) is 33.4 Å². The molecule has 0 saturated carbocycles. The molecule has 4 nitrogen and oxygen atoms in total. The minimum Gasteiger partial charge on any atom is -0.339 e. The second-order valence-electron chi connectivity index (χ2n) is 7.11. The molecule has 1 aliphatic rings. The fourth-order valence-electron chi connectivity index (χ4n) is 3.43. The summed E-state index contributed by atoms with van der Waals surface area (Å²) in [6.45, 7) is 7.05. The van der Waals surface area contributed by atoms with Gasteiger partial charge in [0.05, 0.1) is 0 Å². The molecule has 0 spiro atoms. The predicted octanol–water partition coefficient (Wildman–Crippen LogP) is 3.96. The third-order valence-corrected chi connectivity index (χ3v) is 4.86. The van der Waals surface area contributed by atoms with Crippen LogP contribution < -0.4 is 0 Å². The lowest BCUT2D eigenvalue weighted by Gasteiger charge is -2.32. The molecule has 1 aliphatic heterocycles. The fourth-order valence-corrected chi connectivity index (χ4v) is 3.43. The second kappa shape index (κ2) is 8.15. The Bertz CT molecular complexity index is 710. The molecule has 1 aromatic carbocycles. The highest BCUT2D eigenvalue weighted by Crippen LogP contribution is 2.22. The third kappa shape index (κ3) is 4.59. The number of piperidine rings is 1. The van der Waals surface area contributed by atoms with Crippen molar-refractivity contribution in [2.45, 2.75) is 39.2 Å². The van der Waals surface area contributed by atoms with Gasteiger partial charge in [-0.1, -0.05) is 44.2 Å². The van der Waals surface area contributed by atoms with Crippen LogP contribution in [0.25, 0.3) is 6.08 Å². The van der Waals surface area contributed by atoms with E-state index in [1.165, 1.54) is 0 Å². The molecule has 2 heterocycles. The average Bonchev–Trinajstić information content (AvgIpc) is 3.09. The molecule has 1 aromatic heterocycles. The Hall–Kier alpha value is -2.36. The molecule has 0 N–H and O–H groups in total. The van der Waals surface area contributed by atoms with Gasteiger partial charge in [0.15, 0.2) is 0 Å². The minimum absolute atomic E-state index is 0.118. The lowest BCUT2D eigenvalue weighted by atomic mass is 9.96. The highest BCUT2D eigenvalue weighted by Gasteiger charge is 2.22. The second-order valence-corrected chi connectivity index (χ2v) is 7.11. The van der Waals surface area contributed by atoms with Crippen molar-refractivity contribution in [3.63, 3.8) is 0 Å². The Morgan fingerprint density at radius 2 is 1.96 bits per heavy atom. The van der Waals surface area contributed by atoms with Crippen molar-refractivity contribution in [2.75, 3.05) is 13.1 Å². The third-order valence-electron chi connectivity index (χ3n) is 4.86. The van der Waals surface area contributed by atoms with Gasteiger partial charge >= 0.3 is 0 Å². The maximum atomic E-state index is 12.4. The van der Waals surface area contributed by atoms with Gasteiger partial charge in [0.2, 0.25) is 5.91 Å². The SMILES string of the molecule is CC(C)c1nccn1CC1CCN(C(=O)/C=C/c2ccccc2)CC1. The topological polar surface area (TPSA) is 38.1 Å². The quantitative estimate of drug-likeness (QED) is 0.775. The molecule has 132 valence electrons. The van der Waals surface area contributed by atoms with E-state index in [1.807, 2.05) is 47.5 Å². The summed E-state index contributed by atoms with van der Waals surface area (Å²) in [7, 11) is 0. The molecule has 0 atom stereocenters. The predicted molar refractivity (Wildman–Crippen MR) is 101 cm³/mol.